The fourth-order valence-electron chi connectivity index (χ4n) is 2.81. The van der Waals surface area contributed by atoms with E-state index in [4.69, 9.17) is 0 Å². The Kier molecular flexibility index (Phi) is 1.90. The molecule has 72 valence electrons. The van der Waals surface area contributed by atoms with E-state index in [2.05, 4.69) is 11.7 Å². The highest BCUT2D eigenvalue weighted by molar-refractivity contribution is 5.97. The molecule has 0 aromatic heterocycles. The second kappa shape index (κ2) is 2.82. The van der Waals surface area contributed by atoms with E-state index in [1.54, 1.807) is 0 Å². The minimum Gasteiger partial charge on any atom is -0.393 e. The fraction of sp³-hybridized carbons (Fsp3) is 0.800. The van der Waals surface area contributed by atoms with E-state index in [0.717, 1.165) is 25.7 Å². The Morgan fingerprint density at radius 3 is 2.85 bits per heavy atom. The molecule has 0 N–H and O–H groups in total. The van der Waals surface area contributed by atoms with Gasteiger partial charge in [0.25, 0.3) is 0 Å². The van der Waals surface area contributed by atoms with Crippen molar-refractivity contribution >= 4 is 11.9 Å². The Labute approximate surface area is 77.4 Å². The monoisotopic (exact) mass is 182 g/mol. The van der Waals surface area contributed by atoms with Gasteiger partial charge < -0.3 is 4.74 Å². The van der Waals surface area contributed by atoms with Crippen LogP contribution in [0.4, 0.5) is 0 Å². The van der Waals surface area contributed by atoms with Gasteiger partial charge in [0.1, 0.15) is 0 Å². The van der Waals surface area contributed by atoms with Gasteiger partial charge in [0.05, 0.1) is 11.8 Å². The largest absolute Gasteiger partial charge is 0.393 e. The van der Waals surface area contributed by atoms with Gasteiger partial charge in [-0.25, -0.2) is 0 Å². The number of hydrogen-bond acceptors (Lipinski definition) is 3. The highest BCUT2D eigenvalue weighted by atomic mass is 16.6. The molecule has 1 saturated heterocycles. The van der Waals surface area contributed by atoms with Crippen LogP contribution in [0.1, 0.15) is 39.0 Å². The van der Waals surface area contributed by atoms with Crippen molar-refractivity contribution in [2.45, 2.75) is 39.0 Å². The second-order valence-corrected chi connectivity index (χ2v) is 4.09. The smallest absolute Gasteiger partial charge is 0.320 e. The lowest BCUT2D eigenvalue weighted by atomic mass is 9.75. The van der Waals surface area contributed by atoms with Crippen LogP contribution in [-0.2, 0) is 14.3 Å². The fourth-order valence-corrected chi connectivity index (χ4v) is 2.81. The molecule has 13 heavy (non-hydrogen) atoms. The topological polar surface area (TPSA) is 43.4 Å². The lowest BCUT2D eigenvalue weighted by Gasteiger charge is -2.24. The van der Waals surface area contributed by atoms with Gasteiger partial charge in [0, 0.05) is 0 Å². The van der Waals surface area contributed by atoms with Crippen LogP contribution in [-0.4, -0.2) is 11.9 Å². The van der Waals surface area contributed by atoms with Gasteiger partial charge in [-0.15, -0.1) is 0 Å². The van der Waals surface area contributed by atoms with Crippen molar-refractivity contribution in [3.05, 3.63) is 0 Å². The average molecular weight is 182 g/mol. The van der Waals surface area contributed by atoms with Gasteiger partial charge in [0.15, 0.2) is 0 Å². The zero-order chi connectivity index (χ0) is 9.47. The Morgan fingerprint density at radius 2 is 2.31 bits per heavy atom. The Hall–Kier alpha value is -0.860. The molecule has 1 aliphatic carbocycles. The van der Waals surface area contributed by atoms with Crippen LogP contribution in [0.3, 0.4) is 0 Å². The van der Waals surface area contributed by atoms with E-state index >= 15 is 0 Å². The summed E-state index contributed by atoms with van der Waals surface area (Å²) in [7, 11) is 0. The third kappa shape index (κ3) is 1.10. The standard InChI is InChI=1S/C10H14O3/c1-2-7-4-3-5-10(7)6-8(11)13-9(10)12/h7H,2-6H2,1H3. The zero-order valence-electron chi connectivity index (χ0n) is 7.84. The van der Waals surface area contributed by atoms with E-state index in [1.807, 2.05) is 0 Å². The lowest BCUT2D eigenvalue weighted by Crippen LogP contribution is -2.30. The summed E-state index contributed by atoms with van der Waals surface area (Å²) in [5.41, 5.74) is -0.425. The third-order valence-corrected chi connectivity index (χ3v) is 3.52. The van der Waals surface area contributed by atoms with Gasteiger partial charge >= 0.3 is 11.9 Å². The summed E-state index contributed by atoms with van der Waals surface area (Å²) < 4.78 is 4.65. The number of cyclic esters (lactones) is 2. The number of hydrogen-bond donors (Lipinski definition) is 0. The molecule has 2 rings (SSSR count). The summed E-state index contributed by atoms with van der Waals surface area (Å²) >= 11 is 0. The van der Waals surface area contributed by atoms with Gasteiger partial charge in [0.2, 0.25) is 0 Å². The predicted octanol–water partition coefficient (Wildman–Crippen LogP) is 1.66. The van der Waals surface area contributed by atoms with Crippen LogP contribution < -0.4 is 0 Å². The van der Waals surface area contributed by atoms with Crippen LogP contribution in [0.25, 0.3) is 0 Å². The zero-order valence-corrected chi connectivity index (χ0v) is 7.84. The van der Waals surface area contributed by atoms with E-state index in [9.17, 15) is 9.59 Å². The maximum atomic E-state index is 11.5. The molecular weight excluding hydrogens is 168 g/mol. The van der Waals surface area contributed by atoms with Crippen molar-refractivity contribution in [1.82, 2.24) is 0 Å². The molecule has 1 spiro atoms. The van der Waals surface area contributed by atoms with Gasteiger partial charge in [-0.1, -0.05) is 19.8 Å². The Morgan fingerprint density at radius 1 is 1.54 bits per heavy atom. The molecule has 0 aromatic carbocycles. The maximum Gasteiger partial charge on any atom is 0.320 e. The van der Waals surface area contributed by atoms with Crippen LogP contribution in [0.5, 0.6) is 0 Å². The molecule has 0 aromatic rings. The van der Waals surface area contributed by atoms with Gasteiger partial charge in [-0.2, -0.15) is 0 Å². The van der Waals surface area contributed by atoms with Crippen molar-refractivity contribution < 1.29 is 14.3 Å². The van der Waals surface area contributed by atoms with Crippen LogP contribution in [0.2, 0.25) is 0 Å². The Bertz CT molecular complexity index is 259. The molecule has 0 radical (unpaired) electrons. The maximum absolute atomic E-state index is 11.5. The van der Waals surface area contributed by atoms with E-state index in [0.29, 0.717) is 12.3 Å². The summed E-state index contributed by atoms with van der Waals surface area (Å²) in [5, 5.41) is 0. The van der Waals surface area contributed by atoms with E-state index in [-0.39, 0.29) is 11.9 Å². The average Bonchev–Trinajstić information content (AvgIpc) is 2.59. The predicted molar refractivity (Wildman–Crippen MR) is 45.8 cm³/mol. The minimum absolute atomic E-state index is 0.262. The van der Waals surface area contributed by atoms with Crippen molar-refractivity contribution in [2.75, 3.05) is 0 Å². The van der Waals surface area contributed by atoms with Crippen LogP contribution in [0.15, 0.2) is 0 Å². The highest BCUT2D eigenvalue weighted by Gasteiger charge is 2.55. The van der Waals surface area contributed by atoms with Crippen molar-refractivity contribution in [3.8, 4) is 0 Å². The highest BCUT2D eigenvalue weighted by Crippen LogP contribution is 2.51. The number of esters is 2. The first-order valence-corrected chi connectivity index (χ1v) is 4.94. The van der Waals surface area contributed by atoms with Gasteiger partial charge in [-0.3, -0.25) is 9.59 Å². The van der Waals surface area contributed by atoms with Crippen molar-refractivity contribution in [3.63, 3.8) is 0 Å². The molecule has 2 aliphatic rings. The normalized spacial score (nSPS) is 38.7. The number of rotatable bonds is 1. The molecule has 2 fully saturated rings. The molecule has 1 heterocycles. The minimum atomic E-state index is -0.425. The molecule has 3 nitrogen and oxygen atoms in total. The molecular formula is C10H14O3. The van der Waals surface area contributed by atoms with Crippen LogP contribution >= 0.6 is 0 Å². The van der Waals surface area contributed by atoms with E-state index in [1.165, 1.54) is 0 Å². The molecule has 2 unspecified atom stereocenters. The number of ether oxygens (including phenoxy) is 1. The summed E-state index contributed by atoms with van der Waals surface area (Å²) in [6.45, 7) is 2.08. The SMILES string of the molecule is CCC1CCCC12CC(=O)OC2=O. The molecule has 3 heteroatoms. The molecule has 2 atom stereocenters. The quantitative estimate of drug-likeness (QED) is 0.457. The summed E-state index contributed by atoms with van der Waals surface area (Å²) in [6.07, 6.45) is 4.27. The summed E-state index contributed by atoms with van der Waals surface area (Å²) in [4.78, 5) is 22.6. The third-order valence-electron chi connectivity index (χ3n) is 3.52. The first-order chi connectivity index (χ1) is 6.19. The first-order valence-electron chi connectivity index (χ1n) is 4.94. The molecule has 0 bridgehead atoms. The van der Waals surface area contributed by atoms with Crippen molar-refractivity contribution in [2.24, 2.45) is 11.3 Å². The Balaban J connectivity index is 2.28. The van der Waals surface area contributed by atoms with E-state index < -0.39 is 5.41 Å². The van der Waals surface area contributed by atoms with Crippen LogP contribution in [0, 0.1) is 11.3 Å². The molecule has 0 amide bonds. The molecule has 1 aliphatic heterocycles. The summed E-state index contributed by atoms with van der Waals surface area (Å²) in [5.74, 6) is -0.223. The van der Waals surface area contributed by atoms with Gasteiger partial charge in [-0.05, 0) is 18.8 Å². The second-order valence-electron chi connectivity index (χ2n) is 4.09. The summed E-state index contributed by atoms with van der Waals surface area (Å²) in [6, 6.07) is 0. The number of carbonyl (C=O) groups is 2. The first kappa shape index (κ1) is 8.73. The van der Waals surface area contributed by atoms with Crippen molar-refractivity contribution in [1.29, 1.82) is 0 Å². The molecule has 1 saturated carbocycles. The number of carbonyl (C=O) groups excluding carboxylic acids is 2. The lowest BCUT2D eigenvalue weighted by molar-refractivity contribution is -0.156.